The number of carbonyl (C=O) groups excluding carboxylic acids is 6. The van der Waals surface area contributed by atoms with Crippen LogP contribution in [0.3, 0.4) is 0 Å². The molecule has 3 saturated heterocycles. The summed E-state index contributed by atoms with van der Waals surface area (Å²) in [5, 5.41) is 10.2. The maximum atomic E-state index is 13.4. The quantitative estimate of drug-likeness (QED) is 0.0300. The van der Waals surface area contributed by atoms with Crippen LogP contribution >= 0.6 is 89.1 Å². The number of rotatable bonds is 22. The average molecular weight is 1550 g/mol. The van der Waals surface area contributed by atoms with Crippen LogP contribution in [0.2, 0.25) is 0 Å². The first kappa shape index (κ1) is 81.2. The number of β-amino-alcohol motifs (C(OH)–C–C–N with tert-alkyl or cyclic N) is 1. The van der Waals surface area contributed by atoms with E-state index in [2.05, 4.69) is 92.8 Å². The van der Waals surface area contributed by atoms with Crippen molar-refractivity contribution in [3.63, 3.8) is 0 Å². The van der Waals surface area contributed by atoms with Crippen LogP contribution in [0.1, 0.15) is 147 Å². The van der Waals surface area contributed by atoms with Gasteiger partial charge in [-0.15, -0.1) is 19.7 Å². The second-order valence-electron chi connectivity index (χ2n) is 24.5. The predicted octanol–water partition coefficient (Wildman–Crippen LogP) is 18.0. The van der Waals surface area contributed by atoms with E-state index in [1.54, 1.807) is 148 Å². The van der Waals surface area contributed by atoms with Crippen molar-refractivity contribution in [2.45, 2.75) is 176 Å². The van der Waals surface area contributed by atoms with E-state index >= 15 is 0 Å². The third-order valence-corrected chi connectivity index (χ3v) is 22.6. The Labute approximate surface area is 592 Å². The van der Waals surface area contributed by atoms with Crippen LogP contribution in [0.4, 0.5) is 0 Å². The summed E-state index contributed by atoms with van der Waals surface area (Å²) in [6.45, 7) is 19.8. The van der Waals surface area contributed by atoms with Crippen LogP contribution in [0.5, 0.6) is 0 Å². The van der Waals surface area contributed by atoms with Gasteiger partial charge in [-0.05, 0) is 171 Å². The van der Waals surface area contributed by atoms with Crippen LogP contribution < -0.4 is 0 Å². The summed E-state index contributed by atoms with van der Waals surface area (Å²) in [7, 11) is 6.46. The number of esters is 4. The number of ether oxygens (including phenoxy) is 5. The summed E-state index contributed by atoms with van der Waals surface area (Å²) in [5.41, 5.74) is -0.453. The number of benzene rings is 5. The lowest BCUT2D eigenvalue weighted by atomic mass is 9.94. The maximum absolute atomic E-state index is 13.4. The highest BCUT2D eigenvalue weighted by atomic mass is 79.9. The molecule has 1 N–H and O–H groups in total. The lowest BCUT2D eigenvalue weighted by Crippen LogP contribution is -2.44. The molecule has 0 saturated carbocycles. The van der Waals surface area contributed by atoms with Gasteiger partial charge in [0.1, 0.15) is 23.3 Å². The molecule has 6 atom stereocenters. The van der Waals surface area contributed by atoms with Crippen LogP contribution in [0, 0.1) is 11.8 Å². The molecule has 3 heterocycles. The smallest absolute Gasteiger partial charge is 0.329 e. The molecule has 5 aromatic carbocycles. The van der Waals surface area contributed by atoms with Gasteiger partial charge in [0.15, 0.2) is 0 Å². The number of halogens is 3. The number of thioether (sulfide) groups is 1. The summed E-state index contributed by atoms with van der Waals surface area (Å²) in [5.74, 6) is -4.07. The summed E-state index contributed by atoms with van der Waals surface area (Å²) in [4.78, 5) is 82.6. The molecular formula is C72H96Br3N2O12PS3. The molecule has 21 heteroatoms. The van der Waals surface area contributed by atoms with E-state index in [0.717, 1.165) is 31.5 Å². The van der Waals surface area contributed by atoms with Crippen molar-refractivity contribution in [1.29, 1.82) is 0 Å². The zero-order valence-electron chi connectivity index (χ0n) is 55.8. The second-order valence-corrected chi connectivity index (χ2v) is 33.5. The van der Waals surface area contributed by atoms with Gasteiger partial charge in [-0.3, -0.25) is 19.2 Å². The highest BCUT2D eigenvalue weighted by Crippen LogP contribution is 2.43. The average Bonchev–Trinajstić information content (AvgIpc) is 1.65. The molecule has 510 valence electrons. The topological polar surface area (TPSA) is 175 Å². The number of hydrogen-bond donors (Lipinski definition) is 1. The number of likely N-dealkylation sites (tertiary alicyclic amines) is 2. The van der Waals surface area contributed by atoms with Crippen LogP contribution in [-0.4, -0.2) is 144 Å². The molecular weight excluding hydrogens is 1450 g/mol. The van der Waals surface area contributed by atoms with E-state index in [0.29, 0.717) is 25.6 Å². The number of unbranched alkanes of at least 4 members (excludes halogenated alkanes) is 3. The molecule has 3 aliphatic rings. The number of carbonyl (C=O) groups is 6. The number of methoxy groups -OCH3 is 2. The van der Waals surface area contributed by atoms with E-state index in [1.807, 2.05) is 54.6 Å². The van der Waals surface area contributed by atoms with Crippen LogP contribution in [0.25, 0.3) is 0 Å². The minimum atomic E-state index is -1.05. The fourth-order valence-corrected chi connectivity index (χ4v) is 18.1. The van der Waals surface area contributed by atoms with Gasteiger partial charge in [0.05, 0.1) is 33.2 Å². The lowest BCUT2D eigenvalue weighted by Gasteiger charge is -2.27. The van der Waals surface area contributed by atoms with Crippen molar-refractivity contribution in [3.05, 3.63) is 158 Å². The monoisotopic (exact) mass is 1540 g/mol. The molecule has 0 aromatic heterocycles. The normalized spacial score (nSPS) is 18.2. The summed E-state index contributed by atoms with van der Waals surface area (Å²) < 4.78 is 28.8. The lowest BCUT2D eigenvalue weighted by molar-refractivity contribution is -0.159. The van der Waals surface area contributed by atoms with Crippen molar-refractivity contribution < 1.29 is 57.6 Å². The highest BCUT2D eigenvalue weighted by molar-refractivity contribution is 9.11. The Kier molecular flexibility index (Phi) is 37.7. The third-order valence-electron chi connectivity index (χ3n) is 14.5. The van der Waals surface area contributed by atoms with Crippen molar-refractivity contribution in [1.82, 2.24) is 9.80 Å². The summed E-state index contributed by atoms with van der Waals surface area (Å²) in [6, 6.07) is 39.8. The summed E-state index contributed by atoms with van der Waals surface area (Å²) in [6.07, 6.45) is 14.6. The van der Waals surface area contributed by atoms with Gasteiger partial charge < -0.3 is 38.6 Å². The first-order valence-corrected chi connectivity index (χ1v) is 39.2. The Morgan fingerprint density at radius 3 is 1.28 bits per heavy atom. The van der Waals surface area contributed by atoms with Crippen molar-refractivity contribution in [2.75, 3.05) is 59.0 Å². The van der Waals surface area contributed by atoms with Crippen molar-refractivity contribution in [2.24, 2.45) is 11.8 Å². The zero-order chi connectivity index (χ0) is 68.5. The Morgan fingerprint density at radius 1 is 0.538 bits per heavy atom. The Morgan fingerprint density at radius 2 is 0.914 bits per heavy atom. The Bertz CT molecular complexity index is 2990. The van der Waals surface area contributed by atoms with Crippen LogP contribution in [0.15, 0.2) is 162 Å². The van der Waals surface area contributed by atoms with Crippen LogP contribution in [-0.2, 0) is 42.9 Å². The molecule has 0 radical (unpaired) electrons. The fourth-order valence-electron chi connectivity index (χ4n) is 10.1. The minimum absolute atomic E-state index is 0.00127. The van der Waals surface area contributed by atoms with E-state index < -0.39 is 71.0 Å². The van der Waals surface area contributed by atoms with Crippen molar-refractivity contribution >= 4 is 125 Å². The fraction of sp³-hybridized carbons (Fsp3) is 0.500. The van der Waals surface area contributed by atoms with Gasteiger partial charge in [0, 0.05) is 82.6 Å². The van der Waals surface area contributed by atoms with Gasteiger partial charge in [-0.2, -0.15) is 0 Å². The SMILES string of the molecule is Brc1cccc(SSc2cccc(Br)c2)c1.C1CCOC1.CCCCP(CCCC)CCCC.COC(=O)[C@@H]1[C@@H](CC(=O)OC(C)(C)C)[C@@H](Sc2cccc(Br)c2)CN1C(=O)c1ccccc1.COC(=O)[C@@H]1[C@@H](CC(=O)OC(C)(C)C)[C@H](O)CN1C(=O)c1ccccc1. The maximum Gasteiger partial charge on any atom is 0.329 e. The third kappa shape index (κ3) is 30.4. The molecule has 3 fully saturated rings. The van der Waals surface area contributed by atoms with Gasteiger partial charge in [-0.1, -0.05) is 164 Å². The molecule has 5 aromatic rings. The zero-order valence-corrected chi connectivity index (χ0v) is 63.9. The molecule has 0 spiro atoms. The first-order valence-electron chi connectivity index (χ1n) is 31.9. The Balaban J connectivity index is 0.000000271. The Hall–Kier alpha value is -4.24. The van der Waals surface area contributed by atoms with E-state index in [-0.39, 0.29) is 30.5 Å². The molecule has 0 bridgehead atoms. The number of nitrogens with zero attached hydrogens (tertiary/aromatic N) is 2. The predicted molar refractivity (Wildman–Crippen MR) is 391 cm³/mol. The molecule has 3 aliphatic heterocycles. The van der Waals surface area contributed by atoms with E-state index in [1.165, 1.54) is 85.2 Å². The number of amides is 2. The minimum Gasteiger partial charge on any atom is -0.467 e. The van der Waals surface area contributed by atoms with E-state index in [9.17, 15) is 33.9 Å². The number of aliphatic hydroxyl groups excluding tert-OH is 1. The molecule has 0 aliphatic carbocycles. The molecule has 14 nitrogen and oxygen atoms in total. The second kappa shape index (κ2) is 43.1. The largest absolute Gasteiger partial charge is 0.467 e. The summed E-state index contributed by atoms with van der Waals surface area (Å²) >= 11 is 12.0. The standard InChI is InChI=1S/C25H28BrNO5S.C19H25NO6.C12H8Br2S2.C12H27P.C4H8O/c1-25(2,3)32-21(28)14-19-20(33-18-12-8-11-17(26)13-18)15-27(22(19)24(30)31-4)23(29)16-9-6-5-7-10-16;1-19(2,3)26-15(22)10-13-14(21)11-20(16(13)18(24)25-4)17(23)12-8-6-5-7-9-12;13-9-3-1-5-11(7-9)15-16-12-6-2-4-10(14)8-12;1-4-7-10-13(11-8-5-2)12-9-6-3;1-2-4-5-3-1/h5-13,19-20,22H,14-15H2,1-4H3;5-9,13-14,16,21H,10-11H2,1-4H3;1-8H;4-12H2,1-3H3;1-4H2/t19-,20-,22-;13-,14+,16-;;;/m00.../s1. The van der Waals surface area contributed by atoms with Crippen molar-refractivity contribution in [3.8, 4) is 0 Å². The molecule has 93 heavy (non-hydrogen) atoms. The number of hydrogen-bond acceptors (Lipinski definition) is 15. The first-order chi connectivity index (χ1) is 44.3. The van der Waals surface area contributed by atoms with Gasteiger partial charge >= 0.3 is 23.9 Å². The number of aliphatic hydroxyl groups is 1. The van der Waals surface area contributed by atoms with Gasteiger partial charge in [0.25, 0.3) is 11.8 Å². The van der Waals surface area contributed by atoms with Gasteiger partial charge in [0.2, 0.25) is 0 Å². The highest BCUT2D eigenvalue weighted by Gasteiger charge is 2.51. The molecule has 8 rings (SSSR count). The molecule has 0 unspecified atom stereocenters. The van der Waals surface area contributed by atoms with Gasteiger partial charge in [-0.25, -0.2) is 9.59 Å². The van der Waals surface area contributed by atoms with E-state index in [4.69, 9.17) is 23.7 Å². The molecule has 2 amide bonds.